The number of nitrogens with zero attached hydrogens (tertiary/aromatic N) is 2. The Morgan fingerprint density at radius 3 is 2.52 bits per heavy atom. The van der Waals surface area contributed by atoms with Gasteiger partial charge >= 0.3 is 0 Å². The molecule has 3 heterocycles. The minimum atomic E-state index is -0.758. The second-order valence-electron chi connectivity index (χ2n) is 12.2. The van der Waals surface area contributed by atoms with Crippen molar-refractivity contribution in [3.8, 4) is 5.75 Å². The van der Waals surface area contributed by atoms with E-state index in [9.17, 15) is 24.3 Å². The first-order valence-electron chi connectivity index (χ1n) is 16.2. The number of benzene rings is 2. The van der Waals surface area contributed by atoms with Crippen molar-refractivity contribution in [2.75, 3.05) is 52.6 Å². The highest BCUT2D eigenvalue weighted by Gasteiger charge is 2.43. The van der Waals surface area contributed by atoms with Crippen molar-refractivity contribution < 1.29 is 33.8 Å². The van der Waals surface area contributed by atoms with Crippen LogP contribution < -0.4 is 16.0 Å². The zero-order valence-corrected chi connectivity index (χ0v) is 26.2. The number of ether oxygens (including phenoxy) is 2. The summed E-state index contributed by atoms with van der Waals surface area (Å²) < 4.78 is 11.1. The van der Waals surface area contributed by atoms with Crippen LogP contribution in [-0.4, -0.2) is 103 Å². The summed E-state index contributed by atoms with van der Waals surface area (Å²) >= 11 is 0. The van der Waals surface area contributed by atoms with Crippen molar-refractivity contribution in [3.05, 3.63) is 65.7 Å². The summed E-state index contributed by atoms with van der Waals surface area (Å²) in [6.45, 7) is 2.93. The fraction of sp³-hybridized carbons (Fsp3) is 0.529. The van der Waals surface area contributed by atoms with Gasteiger partial charge in [-0.1, -0.05) is 48.5 Å². The average Bonchev–Trinajstić information content (AvgIpc) is 3.49. The second kappa shape index (κ2) is 16.5. The van der Waals surface area contributed by atoms with E-state index in [2.05, 4.69) is 16.0 Å². The van der Waals surface area contributed by atoms with Gasteiger partial charge in [-0.15, -0.1) is 0 Å². The lowest BCUT2D eigenvalue weighted by Gasteiger charge is -2.39. The maximum absolute atomic E-state index is 14.0. The Kier molecular flexibility index (Phi) is 12.0. The van der Waals surface area contributed by atoms with Crippen molar-refractivity contribution in [2.24, 2.45) is 11.8 Å². The van der Waals surface area contributed by atoms with E-state index in [0.717, 1.165) is 5.56 Å². The van der Waals surface area contributed by atoms with E-state index in [4.69, 9.17) is 9.47 Å². The van der Waals surface area contributed by atoms with Crippen LogP contribution in [-0.2, 0) is 41.7 Å². The molecular formula is C34H45N5O7. The van der Waals surface area contributed by atoms with Crippen LogP contribution in [0, 0.1) is 11.8 Å². The Bertz CT molecular complexity index is 1340. The van der Waals surface area contributed by atoms with Gasteiger partial charge in [0.25, 0.3) is 0 Å². The monoisotopic (exact) mass is 635 g/mol. The Morgan fingerprint density at radius 2 is 1.70 bits per heavy atom. The number of amides is 4. The molecule has 4 amide bonds. The predicted octanol–water partition coefficient (Wildman–Crippen LogP) is 1.18. The first-order valence-corrected chi connectivity index (χ1v) is 16.2. The molecule has 4 N–H and O–H groups in total. The number of para-hydroxylation sites is 1. The van der Waals surface area contributed by atoms with Gasteiger partial charge in [-0.3, -0.25) is 19.2 Å². The lowest BCUT2D eigenvalue weighted by molar-refractivity contribution is -0.143. The van der Waals surface area contributed by atoms with Gasteiger partial charge in [-0.25, -0.2) is 0 Å². The van der Waals surface area contributed by atoms with Crippen LogP contribution in [0.4, 0.5) is 0 Å². The minimum absolute atomic E-state index is 0.0818. The zero-order valence-electron chi connectivity index (χ0n) is 26.2. The van der Waals surface area contributed by atoms with Gasteiger partial charge in [0.15, 0.2) is 0 Å². The molecule has 0 saturated carbocycles. The molecule has 2 aromatic rings. The number of carbonyl (C=O) groups is 4. The van der Waals surface area contributed by atoms with Gasteiger partial charge < -0.3 is 40.3 Å². The zero-order chi connectivity index (χ0) is 32.3. The van der Waals surface area contributed by atoms with Gasteiger partial charge in [-0.2, -0.15) is 0 Å². The number of aromatic hydroxyl groups is 1. The molecule has 2 aromatic carbocycles. The van der Waals surface area contributed by atoms with E-state index < -0.39 is 6.04 Å². The Morgan fingerprint density at radius 1 is 0.913 bits per heavy atom. The number of hydrogen-bond acceptors (Lipinski definition) is 8. The summed E-state index contributed by atoms with van der Waals surface area (Å²) in [5.41, 5.74) is 1.70. The van der Waals surface area contributed by atoms with E-state index in [0.29, 0.717) is 51.1 Å². The van der Waals surface area contributed by atoms with Crippen molar-refractivity contribution >= 4 is 23.6 Å². The molecule has 4 atom stereocenters. The SMILES string of the molecule is O=C(C[C@@H]1CCN2C[C@@H]1CC(=O)N1CC[C@@H](NCc3ccccc3O)[C@H]1C(=O)NCCOCCOCC2=O)NCc1ccccc1. The molecule has 0 unspecified atom stereocenters. The minimum Gasteiger partial charge on any atom is -0.508 e. The average molecular weight is 636 g/mol. The van der Waals surface area contributed by atoms with Crippen LogP contribution >= 0.6 is 0 Å². The molecule has 3 saturated heterocycles. The Hall–Kier alpha value is -4.00. The molecule has 0 aliphatic carbocycles. The van der Waals surface area contributed by atoms with Gasteiger partial charge in [-0.05, 0) is 36.3 Å². The molecule has 3 aliphatic heterocycles. The first kappa shape index (κ1) is 33.4. The fourth-order valence-electron chi connectivity index (χ4n) is 6.59. The number of carbonyl (C=O) groups excluding carboxylic acids is 4. The van der Waals surface area contributed by atoms with Crippen LogP contribution in [0.2, 0.25) is 0 Å². The highest BCUT2D eigenvalue weighted by molar-refractivity contribution is 5.89. The van der Waals surface area contributed by atoms with Crippen LogP contribution in [0.25, 0.3) is 0 Å². The molecule has 3 fully saturated rings. The second-order valence-corrected chi connectivity index (χ2v) is 12.2. The summed E-state index contributed by atoms with van der Waals surface area (Å²) in [5.74, 6) is -0.915. The van der Waals surface area contributed by atoms with Crippen molar-refractivity contribution in [1.82, 2.24) is 25.8 Å². The predicted molar refractivity (Wildman–Crippen MR) is 169 cm³/mol. The third-order valence-electron chi connectivity index (χ3n) is 9.14. The fourth-order valence-corrected chi connectivity index (χ4v) is 6.59. The maximum atomic E-state index is 14.0. The molecule has 248 valence electrons. The Labute approximate surface area is 269 Å². The highest BCUT2D eigenvalue weighted by Crippen LogP contribution is 2.32. The van der Waals surface area contributed by atoms with Crippen LogP contribution in [0.3, 0.4) is 0 Å². The molecule has 5 rings (SSSR count). The summed E-state index contributed by atoms with van der Waals surface area (Å²) in [6, 6.07) is 15.6. The van der Waals surface area contributed by atoms with E-state index in [1.165, 1.54) is 0 Å². The molecule has 0 aromatic heterocycles. The van der Waals surface area contributed by atoms with Gasteiger partial charge in [0.2, 0.25) is 23.6 Å². The maximum Gasteiger partial charge on any atom is 0.248 e. The lowest BCUT2D eigenvalue weighted by atomic mass is 9.80. The Balaban J connectivity index is 1.30. The molecule has 2 bridgehead atoms. The molecule has 46 heavy (non-hydrogen) atoms. The number of piperidine rings is 1. The number of rotatable bonds is 7. The van der Waals surface area contributed by atoms with Crippen LogP contribution in [0.1, 0.15) is 36.8 Å². The molecule has 12 nitrogen and oxygen atoms in total. The number of phenolic OH excluding ortho intramolecular Hbond substituents is 1. The molecule has 0 radical (unpaired) electrons. The van der Waals surface area contributed by atoms with E-state index in [1.807, 2.05) is 42.5 Å². The van der Waals surface area contributed by atoms with Gasteiger partial charge in [0.1, 0.15) is 18.4 Å². The van der Waals surface area contributed by atoms with Gasteiger partial charge in [0.05, 0.1) is 19.8 Å². The first-order chi connectivity index (χ1) is 22.4. The quantitative estimate of drug-likeness (QED) is 0.355. The summed E-state index contributed by atoms with van der Waals surface area (Å²) in [7, 11) is 0. The largest absolute Gasteiger partial charge is 0.508 e. The summed E-state index contributed by atoms with van der Waals surface area (Å²) in [6.07, 6.45) is 1.50. The third-order valence-corrected chi connectivity index (χ3v) is 9.14. The summed E-state index contributed by atoms with van der Waals surface area (Å²) in [5, 5.41) is 19.6. The number of hydrogen-bond donors (Lipinski definition) is 4. The molecule has 12 heteroatoms. The van der Waals surface area contributed by atoms with E-state index in [1.54, 1.807) is 21.9 Å². The summed E-state index contributed by atoms with van der Waals surface area (Å²) in [4.78, 5) is 57.0. The normalized spacial score (nSPS) is 25.0. The van der Waals surface area contributed by atoms with E-state index >= 15 is 0 Å². The number of fused-ring (bicyclic) bond motifs is 3. The highest BCUT2D eigenvalue weighted by atomic mass is 16.5. The number of phenols is 1. The lowest BCUT2D eigenvalue weighted by Crippen LogP contribution is -2.54. The topological polar surface area (TPSA) is 150 Å². The van der Waals surface area contributed by atoms with Crippen LogP contribution in [0.15, 0.2) is 54.6 Å². The molecule has 0 spiro atoms. The molecule has 3 aliphatic rings. The third kappa shape index (κ3) is 9.05. The van der Waals surface area contributed by atoms with Crippen LogP contribution in [0.5, 0.6) is 5.75 Å². The smallest absolute Gasteiger partial charge is 0.248 e. The van der Waals surface area contributed by atoms with Crippen molar-refractivity contribution in [3.63, 3.8) is 0 Å². The van der Waals surface area contributed by atoms with Crippen molar-refractivity contribution in [2.45, 2.75) is 50.9 Å². The number of nitrogens with one attached hydrogen (secondary N) is 3. The standard InChI is InChI=1S/C34H45N5O7/c40-29-9-5-4-8-26(29)21-36-28-11-14-39-31(42)19-27-22-38(32(43)23-46-17-16-45-15-12-35-34(44)33(28)39)13-10-25(27)18-30(41)37-20-24-6-2-1-3-7-24/h1-9,25,27-28,33,36,40H,10-23H2,(H,35,44)(H,37,41)/t25-,27-,28+,33-/m0/s1. The van der Waals surface area contributed by atoms with Crippen molar-refractivity contribution in [1.29, 1.82) is 0 Å². The molecular weight excluding hydrogens is 590 g/mol. The van der Waals surface area contributed by atoms with Gasteiger partial charge in [0, 0.05) is 63.7 Å². The van der Waals surface area contributed by atoms with E-state index in [-0.39, 0.29) is 93.1 Å².